The molecular formula is C21H27N5O2S. The van der Waals surface area contributed by atoms with Gasteiger partial charge in [-0.25, -0.2) is 0 Å². The molecule has 29 heavy (non-hydrogen) atoms. The molecule has 5 heterocycles. The monoisotopic (exact) mass is 413 g/mol. The van der Waals surface area contributed by atoms with Gasteiger partial charge in [0.15, 0.2) is 0 Å². The third-order valence-electron chi connectivity index (χ3n) is 6.68. The predicted molar refractivity (Wildman–Crippen MR) is 110 cm³/mol. The molecule has 0 radical (unpaired) electrons. The number of piperidine rings is 3. The third-order valence-corrected chi connectivity index (χ3v) is 7.42. The van der Waals surface area contributed by atoms with E-state index in [9.17, 15) is 9.59 Å². The fourth-order valence-corrected chi connectivity index (χ4v) is 6.19. The van der Waals surface area contributed by atoms with Crippen LogP contribution in [0.4, 0.5) is 0 Å². The van der Waals surface area contributed by atoms with Crippen molar-refractivity contribution in [2.75, 3.05) is 13.1 Å². The number of hydrogen-bond donors (Lipinski definition) is 2. The molecule has 8 heteroatoms. The van der Waals surface area contributed by atoms with Crippen molar-refractivity contribution in [1.29, 1.82) is 0 Å². The number of carbonyl (C=O) groups excluding carboxylic acids is 2. The molecule has 2 amide bonds. The van der Waals surface area contributed by atoms with Crippen molar-refractivity contribution in [3.63, 3.8) is 0 Å². The zero-order valence-corrected chi connectivity index (χ0v) is 17.2. The van der Waals surface area contributed by atoms with Gasteiger partial charge in [-0.15, -0.1) is 0 Å². The largest absolute Gasteiger partial charge is 0.350 e. The number of amides is 2. The highest BCUT2D eigenvalue weighted by Gasteiger charge is 2.51. The van der Waals surface area contributed by atoms with Crippen molar-refractivity contribution >= 4 is 23.2 Å². The number of carbonyl (C=O) groups is 2. The number of fused-ring (bicyclic) bond motifs is 4. The summed E-state index contributed by atoms with van der Waals surface area (Å²) in [5.74, 6) is 0.788. The van der Waals surface area contributed by atoms with Gasteiger partial charge in [-0.2, -0.15) is 16.4 Å². The standard InChI is InChI=1S/C21H27N5O2S/c27-19-3-1-2-18-15-8-16(11-25(10-15)12-17-4-6-23-24-17)20(26(18)19)21(28)22-9-14-5-7-29-13-14/h4-7,13,15-16,18,20H,1-3,8-12H2,(H,22,28)(H,23,24)/t15-,16+,18+,20-/m1/s1. The van der Waals surface area contributed by atoms with Gasteiger partial charge in [-0.3, -0.25) is 19.6 Å². The Morgan fingerprint density at radius 1 is 1.31 bits per heavy atom. The molecule has 0 saturated carbocycles. The first-order valence-electron chi connectivity index (χ1n) is 10.5. The van der Waals surface area contributed by atoms with E-state index >= 15 is 0 Å². The smallest absolute Gasteiger partial charge is 0.243 e. The lowest BCUT2D eigenvalue weighted by atomic mass is 9.71. The number of rotatable bonds is 5. The Balaban J connectivity index is 1.36. The molecule has 2 aromatic rings. The van der Waals surface area contributed by atoms with Gasteiger partial charge in [-0.1, -0.05) is 0 Å². The Bertz CT molecular complexity index is 853. The first kappa shape index (κ1) is 18.8. The molecule has 0 aliphatic carbocycles. The van der Waals surface area contributed by atoms with E-state index in [1.807, 2.05) is 22.4 Å². The molecule has 3 fully saturated rings. The van der Waals surface area contributed by atoms with E-state index in [0.29, 0.717) is 18.9 Å². The highest BCUT2D eigenvalue weighted by molar-refractivity contribution is 7.07. The quantitative estimate of drug-likeness (QED) is 0.786. The van der Waals surface area contributed by atoms with E-state index in [2.05, 4.69) is 25.8 Å². The molecule has 3 aliphatic rings. The van der Waals surface area contributed by atoms with E-state index in [0.717, 1.165) is 50.2 Å². The third kappa shape index (κ3) is 3.71. The van der Waals surface area contributed by atoms with E-state index in [-0.39, 0.29) is 29.8 Å². The normalized spacial score (nSPS) is 29.5. The maximum absolute atomic E-state index is 13.3. The van der Waals surface area contributed by atoms with Gasteiger partial charge in [0, 0.05) is 56.5 Å². The van der Waals surface area contributed by atoms with Gasteiger partial charge in [0.2, 0.25) is 11.8 Å². The van der Waals surface area contributed by atoms with E-state index in [1.165, 1.54) is 0 Å². The molecule has 2 bridgehead atoms. The molecule has 3 aliphatic heterocycles. The zero-order chi connectivity index (χ0) is 19.8. The van der Waals surface area contributed by atoms with Crippen LogP contribution < -0.4 is 5.32 Å². The Labute approximate surface area is 174 Å². The second kappa shape index (κ2) is 7.91. The molecule has 2 aromatic heterocycles. The van der Waals surface area contributed by atoms with Crippen molar-refractivity contribution in [2.24, 2.45) is 11.8 Å². The van der Waals surface area contributed by atoms with Crippen LogP contribution in [0.3, 0.4) is 0 Å². The van der Waals surface area contributed by atoms with Crippen LogP contribution in [0, 0.1) is 11.8 Å². The second-order valence-corrected chi connectivity index (χ2v) is 9.37. The number of H-pyrrole nitrogens is 1. The number of nitrogens with one attached hydrogen (secondary N) is 2. The van der Waals surface area contributed by atoms with Gasteiger partial charge in [0.1, 0.15) is 6.04 Å². The summed E-state index contributed by atoms with van der Waals surface area (Å²) in [4.78, 5) is 30.6. The topological polar surface area (TPSA) is 81.3 Å². The average Bonchev–Trinajstić information content (AvgIpc) is 3.41. The Hall–Kier alpha value is -2.19. The summed E-state index contributed by atoms with van der Waals surface area (Å²) in [6.07, 6.45) is 5.33. The fraction of sp³-hybridized carbons (Fsp3) is 0.571. The second-order valence-electron chi connectivity index (χ2n) is 8.59. The SMILES string of the molecule is O=C(NCc1ccsc1)[C@H]1[C@H]2C[C@H](CN(Cc3ccn[nH]3)C2)[C@@H]2CCCC(=O)N21. The average molecular weight is 414 g/mol. The number of nitrogens with zero attached hydrogens (tertiary/aromatic N) is 3. The molecular weight excluding hydrogens is 386 g/mol. The van der Waals surface area contributed by atoms with Gasteiger partial charge < -0.3 is 10.2 Å². The Kier molecular flexibility index (Phi) is 5.13. The number of aromatic amines is 1. The molecule has 0 spiro atoms. The number of aromatic nitrogens is 2. The van der Waals surface area contributed by atoms with Crippen LogP contribution in [0.5, 0.6) is 0 Å². The van der Waals surface area contributed by atoms with Crippen LogP contribution in [0.2, 0.25) is 0 Å². The van der Waals surface area contributed by atoms with Crippen LogP contribution in [0.25, 0.3) is 0 Å². The summed E-state index contributed by atoms with van der Waals surface area (Å²) < 4.78 is 0. The molecule has 5 rings (SSSR count). The lowest BCUT2D eigenvalue weighted by Crippen LogP contribution is -2.68. The van der Waals surface area contributed by atoms with E-state index in [1.54, 1.807) is 17.5 Å². The summed E-state index contributed by atoms with van der Waals surface area (Å²) in [6, 6.07) is 3.87. The van der Waals surface area contributed by atoms with E-state index < -0.39 is 0 Å². The fourth-order valence-electron chi connectivity index (χ4n) is 5.52. The lowest BCUT2D eigenvalue weighted by Gasteiger charge is -2.55. The van der Waals surface area contributed by atoms with Crippen LogP contribution in [-0.2, 0) is 22.7 Å². The molecule has 4 atom stereocenters. The van der Waals surface area contributed by atoms with Gasteiger partial charge in [0.05, 0.1) is 0 Å². The van der Waals surface area contributed by atoms with Crippen LogP contribution >= 0.6 is 11.3 Å². The van der Waals surface area contributed by atoms with Gasteiger partial charge in [0.25, 0.3) is 0 Å². The summed E-state index contributed by atoms with van der Waals surface area (Å²) in [5, 5.41) is 14.3. The number of thiophene rings is 1. The van der Waals surface area contributed by atoms with Crippen molar-refractivity contribution in [2.45, 2.75) is 50.9 Å². The summed E-state index contributed by atoms with van der Waals surface area (Å²) in [5.41, 5.74) is 2.21. The lowest BCUT2D eigenvalue weighted by molar-refractivity contribution is -0.160. The zero-order valence-electron chi connectivity index (χ0n) is 16.4. The highest BCUT2D eigenvalue weighted by Crippen LogP contribution is 2.42. The maximum Gasteiger partial charge on any atom is 0.243 e. The molecule has 0 unspecified atom stereocenters. The van der Waals surface area contributed by atoms with Crippen LogP contribution in [0.15, 0.2) is 29.1 Å². The number of hydrogen-bond acceptors (Lipinski definition) is 5. The molecule has 7 nitrogen and oxygen atoms in total. The first-order chi connectivity index (χ1) is 14.2. The summed E-state index contributed by atoms with van der Waals surface area (Å²) in [6.45, 7) is 3.16. The van der Waals surface area contributed by atoms with Crippen molar-refractivity contribution in [1.82, 2.24) is 25.3 Å². The minimum absolute atomic E-state index is 0.00305. The van der Waals surface area contributed by atoms with Crippen molar-refractivity contribution < 1.29 is 9.59 Å². The van der Waals surface area contributed by atoms with E-state index in [4.69, 9.17) is 0 Å². The van der Waals surface area contributed by atoms with Crippen molar-refractivity contribution in [3.05, 3.63) is 40.3 Å². The molecule has 2 N–H and O–H groups in total. The Morgan fingerprint density at radius 3 is 3.00 bits per heavy atom. The number of likely N-dealkylation sites (tertiary alicyclic amines) is 1. The minimum Gasteiger partial charge on any atom is -0.350 e. The van der Waals surface area contributed by atoms with Gasteiger partial charge >= 0.3 is 0 Å². The van der Waals surface area contributed by atoms with Crippen LogP contribution in [0.1, 0.15) is 36.9 Å². The Morgan fingerprint density at radius 2 is 2.21 bits per heavy atom. The maximum atomic E-state index is 13.3. The highest BCUT2D eigenvalue weighted by atomic mass is 32.1. The van der Waals surface area contributed by atoms with Crippen molar-refractivity contribution in [3.8, 4) is 0 Å². The minimum atomic E-state index is -0.354. The van der Waals surface area contributed by atoms with Crippen LogP contribution in [-0.4, -0.2) is 57.0 Å². The molecule has 154 valence electrons. The summed E-state index contributed by atoms with van der Waals surface area (Å²) >= 11 is 1.63. The molecule has 3 saturated heterocycles. The summed E-state index contributed by atoms with van der Waals surface area (Å²) in [7, 11) is 0. The predicted octanol–water partition coefficient (Wildman–Crippen LogP) is 1.99. The van der Waals surface area contributed by atoms with Gasteiger partial charge in [-0.05, 0) is 53.6 Å². The first-order valence-corrected chi connectivity index (χ1v) is 11.4. The molecule has 0 aromatic carbocycles.